The molecule has 0 atom stereocenters. The number of carbonyl (C=O) groups is 1. The summed E-state index contributed by atoms with van der Waals surface area (Å²) in [5, 5.41) is 12.2. The molecule has 2 fully saturated rings. The third-order valence-electron chi connectivity index (χ3n) is 7.10. The Hall–Kier alpha value is -2.08. The fraction of sp³-hybridized carbons (Fsp3) is 0.667. The first-order valence-electron chi connectivity index (χ1n) is 11.7. The maximum Gasteiger partial charge on any atom is 0.239 e. The van der Waals surface area contributed by atoms with Gasteiger partial charge in [-0.1, -0.05) is 25.5 Å². The molecule has 0 unspecified atom stereocenters. The molecule has 2 aromatic rings. The van der Waals surface area contributed by atoms with Crippen LogP contribution in [0.3, 0.4) is 0 Å². The lowest BCUT2D eigenvalue weighted by atomic mass is 9.78. The number of aryl methyl sites for hydroxylation is 2. The van der Waals surface area contributed by atoms with Crippen LogP contribution in [0.2, 0.25) is 0 Å². The van der Waals surface area contributed by atoms with Crippen molar-refractivity contribution in [2.45, 2.75) is 72.0 Å². The van der Waals surface area contributed by atoms with Crippen molar-refractivity contribution in [2.24, 2.45) is 11.8 Å². The van der Waals surface area contributed by atoms with Gasteiger partial charge in [0.25, 0.3) is 0 Å². The summed E-state index contributed by atoms with van der Waals surface area (Å²) in [7, 11) is 0. The van der Waals surface area contributed by atoms with Gasteiger partial charge < -0.3 is 10.6 Å². The van der Waals surface area contributed by atoms with E-state index in [0.29, 0.717) is 0 Å². The molecule has 6 heteroatoms. The molecule has 164 valence electrons. The first-order valence-corrected chi connectivity index (χ1v) is 11.7. The second-order valence-corrected chi connectivity index (χ2v) is 9.57. The minimum absolute atomic E-state index is 0.0509. The molecule has 6 nitrogen and oxygen atoms in total. The minimum Gasteiger partial charge on any atom is -0.359 e. The molecule has 2 N–H and O–H groups in total. The SMILES string of the molecule is CCn1nc(NCC(=O)NC2CN([C@H]3CC[C@@H](C(C)C)CC3)C2)c2cc(C)ccc21. The summed E-state index contributed by atoms with van der Waals surface area (Å²) < 4.78 is 1.98. The average Bonchev–Trinajstić information content (AvgIpc) is 3.05. The number of benzene rings is 1. The highest BCUT2D eigenvalue weighted by molar-refractivity contribution is 5.92. The molecule has 1 aromatic carbocycles. The number of likely N-dealkylation sites (tertiary alicyclic amines) is 1. The lowest BCUT2D eigenvalue weighted by Crippen LogP contribution is -2.63. The number of hydrogen-bond acceptors (Lipinski definition) is 4. The molecule has 1 aliphatic carbocycles. The molecule has 1 aromatic heterocycles. The first-order chi connectivity index (χ1) is 14.4. The fourth-order valence-corrected chi connectivity index (χ4v) is 5.14. The molecule has 1 aliphatic heterocycles. The third kappa shape index (κ3) is 4.48. The van der Waals surface area contributed by atoms with Gasteiger partial charge in [0.05, 0.1) is 18.1 Å². The van der Waals surface area contributed by atoms with Crippen LogP contribution in [-0.4, -0.2) is 52.3 Å². The number of aromatic nitrogens is 2. The van der Waals surface area contributed by atoms with Gasteiger partial charge in [0.1, 0.15) is 0 Å². The highest BCUT2D eigenvalue weighted by atomic mass is 16.2. The van der Waals surface area contributed by atoms with E-state index >= 15 is 0 Å². The van der Waals surface area contributed by atoms with Crippen LogP contribution in [0, 0.1) is 18.8 Å². The molecule has 2 heterocycles. The summed E-state index contributed by atoms with van der Waals surface area (Å²) in [5.74, 6) is 2.56. The Morgan fingerprint density at radius 3 is 2.60 bits per heavy atom. The number of hydrogen-bond donors (Lipinski definition) is 2. The van der Waals surface area contributed by atoms with Gasteiger partial charge >= 0.3 is 0 Å². The molecular formula is C24H37N5O. The van der Waals surface area contributed by atoms with Crippen molar-refractivity contribution in [1.82, 2.24) is 20.0 Å². The largest absolute Gasteiger partial charge is 0.359 e. The maximum atomic E-state index is 12.5. The van der Waals surface area contributed by atoms with Gasteiger partial charge in [-0.2, -0.15) is 5.10 Å². The monoisotopic (exact) mass is 411 g/mol. The van der Waals surface area contributed by atoms with Gasteiger partial charge in [-0.25, -0.2) is 0 Å². The van der Waals surface area contributed by atoms with Crippen molar-refractivity contribution in [3.63, 3.8) is 0 Å². The zero-order valence-corrected chi connectivity index (χ0v) is 18.9. The molecule has 1 saturated heterocycles. The van der Waals surface area contributed by atoms with E-state index in [0.717, 1.165) is 54.2 Å². The first kappa shape index (κ1) is 21.2. The lowest BCUT2D eigenvalue weighted by molar-refractivity contribution is -0.121. The maximum absolute atomic E-state index is 12.5. The van der Waals surface area contributed by atoms with Crippen molar-refractivity contribution < 1.29 is 4.79 Å². The van der Waals surface area contributed by atoms with Gasteiger partial charge in [0, 0.05) is 31.1 Å². The number of amides is 1. The van der Waals surface area contributed by atoms with Gasteiger partial charge in [0.15, 0.2) is 5.82 Å². The number of nitrogens with zero attached hydrogens (tertiary/aromatic N) is 3. The molecule has 1 saturated carbocycles. The van der Waals surface area contributed by atoms with Crippen LogP contribution in [0.15, 0.2) is 18.2 Å². The Morgan fingerprint density at radius 1 is 1.20 bits per heavy atom. The van der Waals surface area contributed by atoms with Crippen LogP contribution in [-0.2, 0) is 11.3 Å². The van der Waals surface area contributed by atoms with Crippen LogP contribution in [0.1, 0.15) is 52.0 Å². The predicted molar refractivity (Wildman–Crippen MR) is 123 cm³/mol. The van der Waals surface area contributed by atoms with Crippen molar-refractivity contribution in [3.05, 3.63) is 23.8 Å². The Bertz CT molecular complexity index is 875. The van der Waals surface area contributed by atoms with Crippen LogP contribution in [0.25, 0.3) is 10.9 Å². The summed E-state index contributed by atoms with van der Waals surface area (Å²) in [4.78, 5) is 15.0. The lowest BCUT2D eigenvalue weighted by Gasteiger charge is -2.47. The van der Waals surface area contributed by atoms with Gasteiger partial charge in [-0.05, 0) is 63.5 Å². The predicted octanol–water partition coefficient (Wildman–Crippen LogP) is 3.79. The van der Waals surface area contributed by atoms with Crippen molar-refractivity contribution in [2.75, 3.05) is 25.0 Å². The van der Waals surface area contributed by atoms with Crippen LogP contribution in [0.5, 0.6) is 0 Å². The number of nitrogens with one attached hydrogen (secondary N) is 2. The second kappa shape index (κ2) is 8.96. The Labute approximate surface area is 180 Å². The molecular weight excluding hydrogens is 374 g/mol. The van der Waals surface area contributed by atoms with E-state index in [1.54, 1.807) is 0 Å². The van der Waals surface area contributed by atoms with Crippen molar-refractivity contribution in [3.8, 4) is 0 Å². The minimum atomic E-state index is 0.0509. The van der Waals surface area contributed by atoms with Crippen LogP contribution in [0.4, 0.5) is 5.82 Å². The summed E-state index contributed by atoms with van der Waals surface area (Å²) in [6, 6.07) is 7.34. The number of fused-ring (bicyclic) bond motifs is 1. The standard InChI is InChI=1S/C24H37N5O/c1-5-29-22-11-6-17(4)12-21(22)24(27-29)25-13-23(30)26-19-14-28(15-19)20-9-7-18(8-10-20)16(2)3/h6,11-12,16,18-20H,5,7-10,13-15H2,1-4H3,(H,25,27)(H,26,30)/t18-,20+. The average molecular weight is 412 g/mol. The van der Waals surface area contributed by atoms with Crippen LogP contribution >= 0.6 is 0 Å². The molecule has 0 bridgehead atoms. The van der Waals surface area contributed by atoms with E-state index in [9.17, 15) is 4.79 Å². The quantitative estimate of drug-likeness (QED) is 0.728. The third-order valence-corrected chi connectivity index (χ3v) is 7.10. The zero-order valence-electron chi connectivity index (χ0n) is 18.9. The normalized spacial score (nSPS) is 23.0. The molecule has 1 amide bonds. The summed E-state index contributed by atoms with van der Waals surface area (Å²) in [5.41, 5.74) is 2.30. The fourth-order valence-electron chi connectivity index (χ4n) is 5.14. The van der Waals surface area contributed by atoms with E-state index in [1.807, 2.05) is 4.68 Å². The second-order valence-electron chi connectivity index (χ2n) is 9.57. The van der Waals surface area contributed by atoms with Gasteiger partial charge in [0.2, 0.25) is 5.91 Å². The Balaban J connectivity index is 1.23. The topological polar surface area (TPSA) is 62.2 Å². The molecule has 0 radical (unpaired) electrons. The van der Waals surface area contributed by atoms with E-state index in [2.05, 4.69) is 66.5 Å². The molecule has 2 aliphatic rings. The van der Waals surface area contributed by atoms with E-state index in [-0.39, 0.29) is 18.5 Å². The van der Waals surface area contributed by atoms with E-state index in [4.69, 9.17) is 0 Å². The molecule has 0 spiro atoms. The van der Waals surface area contributed by atoms with Gasteiger partial charge in [-0.15, -0.1) is 0 Å². The smallest absolute Gasteiger partial charge is 0.239 e. The Morgan fingerprint density at radius 2 is 1.93 bits per heavy atom. The summed E-state index contributed by atoms with van der Waals surface area (Å²) in [6.07, 6.45) is 5.35. The zero-order chi connectivity index (χ0) is 21.3. The summed E-state index contributed by atoms with van der Waals surface area (Å²) in [6.45, 7) is 11.9. The van der Waals surface area contributed by atoms with E-state index < -0.39 is 0 Å². The number of anilines is 1. The number of rotatable bonds is 7. The van der Waals surface area contributed by atoms with Crippen molar-refractivity contribution >= 4 is 22.6 Å². The highest BCUT2D eigenvalue weighted by Gasteiger charge is 2.35. The number of carbonyl (C=O) groups excluding carboxylic acids is 1. The molecule has 30 heavy (non-hydrogen) atoms. The molecule has 4 rings (SSSR count). The van der Waals surface area contributed by atoms with E-state index in [1.165, 1.54) is 31.2 Å². The summed E-state index contributed by atoms with van der Waals surface area (Å²) >= 11 is 0. The van der Waals surface area contributed by atoms with Crippen LogP contribution < -0.4 is 10.6 Å². The van der Waals surface area contributed by atoms with Gasteiger partial charge in [-0.3, -0.25) is 14.4 Å². The van der Waals surface area contributed by atoms with Crippen molar-refractivity contribution in [1.29, 1.82) is 0 Å². The highest BCUT2D eigenvalue weighted by Crippen LogP contribution is 2.33. The Kier molecular flexibility index (Phi) is 6.32.